The number of phenols is 1. The molecule has 1 unspecified atom stereocenters. The zero-order valence-electron chi connectivity index (χ0n) is 14.3. The van der Waals surface area contributed by atoms with Gasteiger partial charge in [0.1, 0.15) is 5.75 Å². The predicted octanol–water partition coefficient (Wildman–Crippen LogP) is 4.16. The van der Waals surface area contributed by atoms with Crippen LogP contribution in [0.5, 0.6) is 5.75 Å². The third kappa shape index (κ3) is 3.93. The highest BCUT2D eigenvalue weighted by Crippen LogP contribution is 2.30. The maximum absolute atomic E-state index is 9.60. The summed E-state index contributed by atoms with van der Waals surface area (Å²) in [6, 6.07) is 14.6. The van der Waals surface area contributed by atoms with E-state index < -0.39 is 0 Å². The van der Waals surface area contributed by atoms with Crippen LogP contribution in [0, 0.1) is 0 Å². The van der Waals surface area contributed by atoms with Crippen molar-refractivity contribution in [3.63, 3.8) is 0 Å². The van der Waals surface area contributed by atoms with Crippen LogP contribution in [0.3, 0.4) is 0 Å². The normalized spacial score (nSPS) is 13.1. The lowest BCUT2D eigenvalue weighted by Gasteiger charge is -2.34. The second-order valence-corrected chi connectivity index (χ2v) is 7.22. The van der Waals surface area contributed by atoms with Gasteiger partial charge in [-0.3, -0.25) is 4.98 Å². The molecule has 5 heteroatoms. The molecule has 0 radical (unpaired) electrons. The number of nitrogens with zero attached hydrogens (tertiary/aromatic N) is 1. The molecule has 3 rings (SSSR count). The number of halogens is 1. The minimum absolute atomic E-state index is 0.239. The number of aromatic hydroxyl groups is 1. The number of fused-ring (bicyclic) bond motifs is 1. The van der Waals surface area contributed by atoms with E-state index in [0.29, 0.717) is 11.6 Å². The summed E-state index contributed by atoms with van der Waals surface area (Å²) in [5.41, 5.74) is 9.10. The average Bonchev–Trinajstić information content (AvgIpc) is 2.58. The summed E-state index contributed by atoms with van der Waals surface area (Å²) in [6.45, 7) is 4.76. The van der Waals surface area contributed by atoms with E-state index in [0.717, 1.165) is 22.0 Å². The molecule has 130 valence electrons. The maximum atomic E-state index is 9.60. The van der Waals surface area contributed by atoms with Crippen LogP contribution in [0.15, 0.2) is 54.7 Å². The summed E-state index contributed by atoms with van der Waals surface area (Å²) in [5, 5.41) is 14.8. The third-order valence-electron chi connectivity index (χ3n) is 4.51. The van der Waals surface area contributed by atoms with E-state index in [1.54, 1.807) is 18.3 Å². The highest BCUT2D eigenvalue weighted by molar-refractivity contribution is 6.31. The van der Waals surface area contributed by atoms with Crippen molar-refractivity contribution in [2.75, 3.05) is 0 Å². The van der Waals surface area contributed by atoms with E-state index in [-0.39, 0.29) is 17.3 Å². The molecular weight excluding hydrogens is 334 g/mol. The van der Waals surface area contributed by atoms with Crippen molar-refractivity contribution < 1.29 is 5.11 Å². The van der Waals surface area contributed by atoms with Gasteiger partial charge in [-0.05, 0) is 55.3 Å². The predicted molar refractivity (Wildman–Crippen MR) is 103 cm³/mol. The van der Waals surface area contributed by atoms with Gasteiger partial charge in [-0.2, -0.15) is 0 Å². The molecule has 0 aliphatic carbocycles. The Bertz CT molecular complexity index is 895. The molecule has 1 atom stereocenters. The molecule has 25 heavy (non-hydrogen) atoms. The lowest BCUT2D eigenvalue weighted by molar-refractivity contribution is 0.322. The minimum atomic E-state index is -0.362. The maximum Gasteiger partial charge on any atom is 0.115 e. The highest BCUT2D eigenvalue weighted by atomic mass is 35.5. The molecule has 3 aromatic rings. The molecule has 4 N–H and O–H groups in total. The topological polar surface area (TPSA) is 71.2 Å². The first-order valence-corrected chi connectivity index (χ1v) is 8.57. The molecule has 1 aromatic heterocycles. The summed E-state index contributed by atoms with van der Waals surface area (Å²) in [4.78, 5) is 4.38. The molecule has 0 fully saturated rings. The van der Waals surface area contributed by atoms with Crippen molar-refractivity contribution in [3.05, 3.63) is 70.9 Å². The number of hydrogen-bond acceptors (Lipinski definition) is 4. The van der Waals surface area contributed by atoms with E-state index in [1.807, 2.05) is 36.4 Å². The van der Waals surface area contributed by atoms with Crippen molar-refractivity contribution in [1.82, 2.24) is 10.3 Å². The summed E-state index contributed by atoms with van der Waals surface area (Å²) in [5.74, 6) is 0.262. The number of rotatable bonds is 5. The first-order valence-electron chi connectivity index (χ1n) is 8.19. The van der Waals surface area contributed by atoms with Gasteiger partial charge in [0.2, 0.25) is 0 Å². The first-order chi connectivity index (χ1) is 11.9. The van der Waals surface area contributed by atoms with Crippen molar-refractivity contribution in [2.24, 2.45) is 5.73 Å². The fraction of sp³-hybridized carbons (Fsp3) is 0.250. The number of phenolic OH excluding ortho intramolecular Hbond substituents is 1. The van der Waals surface area contributed by atoms with Crippen LogP contribution in [0.4, 0.5) is 0 Å². The van der Waals surface area contributed by atoms with Gasteiger partial charge in [0, 0.05) is 34.7 Å². The third-order valence-corrected chi connectivity index (χ3v) is 4.74. The number of pyridine rings is 1. The van der Waals surface area contributed by atoms with Crippen LogP contribution < -0.4 is 11.1 Å². The number of benzene rings is 2. The molecular formula is C20H22ClN3O. The Labute approximate surface area is 152 Å². The van der Waals surface area contributed by atoms with Gasteiger partial charge in [0.25, 0.3) is 0 Å². The van der Waals surface area contributed by atoms with Crippen molar-refractivity contribution >= 4 is 22.5 Å². The summed E-state index contributed by atoms with van der Waals surface area (Å²) in [6.07, 6.45) is 1.76. The van der Waals surface area contributed by atoms with Crippen molar-refractivity contribution in [3.8, 4) is 5.75 Å². The van der Waals surface area contributed by atoms with Crippen LogP contribution in [-0.4, -0.2) is 15.6 Å². The second-order valence-electron chi connectivity index (χ2n) is 6.78. The molecule has 0 bridgehead atoms. The Morgan fingerprint density at radius 3 is 2.76 bits per heavy atom. The minimum Gasteiger partial charge on any atom is -0.508 e. The summed E-state index contributed by atoms with van der Waals surface area (Å²) < 4.78 is 0. The lowest BCUT2D eigenvalue weighted by Crippen LogP contribution is -2.48. The fourth-order valence-corrected chi connectivity index (χ4v) is 3.08. The number of aromatic nitrogens is 1. The van der Waals surface area contributed by atoms with E-state index in [1.165, 1.54) is 0 Å². The Kier molecular flexibility index (Phi) is 4.95. The van der Waals surface area contributed by atoms with Gasteiger partial charge in [-0.25, -0.2) is 0 Å². The number of nitrogens with two attached hydrogens (primary N) is 1. The molecule has 0 aliphatic rings. The Morgan fingerprint density at radius 1 is 1.20 bits per heavy atom. The summed E-state index contributed by atoms with van der Waals surface area (Å²) >= 11 is 6.07. The van der Waals surface area contributed by atoms with Crippen LogP contribution in [0.25, 0.3) is 10.9 Å². The standard InChI is InChI=1S/C20H22ClN3O/c1-20(2,24-12-13-4-3-5-15(25)10-13)19(22)17-8-9-23-18-11-14(21)6-7-16(17)18/h3-11,19,24-25H,12,22H2,1-2H3. The average molecular weight is 356 g/mol. The quantitative estimate of drug-likeness (QED) is 0.642. The van der Waals surface area contributed by atoms with Crippen LogP contribution in [0.2, 0.25) is 5.02 Å². The largest absolute Gasteiger partial charge is 0.508 e. The summed E-state index contributed by atoms with van der Waals surface area (Å²) in [7, 11) is 0. The molecule has 0 saturated heterocycles. The van der Waals surface area contributed by atoms with Crippen molar-refractivity contribution in [2.45, 2.75) is 32.0 Å². The first kappa shape index (κ1) is 17.7. The van der Waals surface area contributed by atoms with E-state index in [4.69, 9.17) is 17.3 Å². The number of hydrogen-bond donors (Lipinski definition) is 3. The van der Waals surface area contributed by atoms with Gasteiger partial charge in [-0.1, -0.05) is 29.8 Å². The zero-order valence-corrected chi connectivity index (χ0v) is 15.1. The van der Waals surface area contributed by atoms with Crippen LogP contribution >= 0.6 is 11.6 Å². The van der Waals surface area contributed by atoms with E-state index >= 15 is 0 Å². The molecule has 0 aliphatic heterocycles. The van der Waals surface area contributed by atoms with Gasteiger partial charge in [0.15, 0.2) is 0 Å². The van der Waals surface area contributed by atoms with Crippen LogP contribution in [-0.2, 0) is 6.54 Å². The smallest absolute Gasteiger partial charge is 0.115 e. The van der Waals surface area contributed by atoms with E-state index in [9.17, 15) is 5.11 Å². The second kappa shape index (κ2) is 7.00. The molecule has 0 spiro atoms. The molecule has 4 nitrogen and oxygen atoms in total. The van der Waals surface area contributed by atoms with E-state index in [2.05, 4.69) is 24.1 Å². The lowest BCUT2D eigenvalue weighted by atomic mass is 9.87. The van der Waals surface area contributed by atoms with Gasteiger partial charge >= 0.3 is 0 Å². The van der Waals surface area contributed by atoms with Gasteiger partial charge in [-0.15, -0.1) is 0 Å². The molecule has 0 amide bonds. The Morgan fingerprint density at radius 2 is 2.00 bits per heavy atom. The highest BCUT2D eigenvalue weighted by Gasteiger charge is 2.28. The SMILES string of the molecule is CC(C)(NCc1cccc(O)c1)C(N)c1ccnc2cc(Cl)ccc12. The monoisotopic (exact) mass is 355 g/mol. The van der Waals surface area contributed by atoms with Crippen LogP contribution in [0.1, 0.15) is 31.0 Å². The fourth-order valence-electron chi connectivity index (χ4n) is 2.91. The molecule has 1 heterocycles. The number of nitrogens with one attached hydrogen (secondary N) is 1. The Balaban J connectivity index is 1.84. The molecule has 0 saturated carbocycles. The molecule has 2 aromatic carbocycles. The Hall–Kier alpha value is -2.14. The van der Waals surface area contributed by atoms with Gasteiger partial charge in [0.05, 0.1) is 5.52 Å². The zero-order chi connectivity index (χ0) is 18.0. The van der Waals surface area contributed by atoms with Gasteiger partial charge < -0.3 is 16.2 Å². The van der Waals surface area contributed by atoms with Crippen molar-refractivity contribution in [1.29, 1.82) is 0 Å².